The standard InChI is InChI=1S/C21H14F2N2O3S/c1-12(26)25(18-7-6-14(22)9-17(18)23)21-24-15(11-29-21)8-13-10-28-19-5-3-2-4-16(19)20(13)27/h2-9,11H,10H2,1H3/b13-8+. The lowest BCUT2D eigenvalue weighted by Gasteiger charge is -2.19. The molecule has 2 aromatic carbocycles. The number of Topliss-reactive ketones (excluding diaryl/α,β-unsaturated/α-hetero) is 1. The molecule has 5 nitrogen and oxygen atoms in total. The fraction of sp³-hybridized carbons (Fsp3) is 0.0952. The molecule has 0 bridgehead atoms. The fourth-order valence-electron chi connectivity index (χ4n) is 2.98. The van der Waals surface area contributed by atoms with E-state index < -0.39 is 17.5 Å². The summed E-state index contributed by atoms with van der Waals surface area (Å²) in [4.78, 5) is 30.2. The van der Waals surface area contributed by atoms with E-state index >= 15 is 0 Å². The van der Waals surface area contributed by atoms with Crippen molar-refractivity contribution >= 4 is 39.9 Å². The van der Waals surface area contributed by atoms with E-state index in [1.54, 1.807) is 35.7 Å². The molecular formula is C21H14F2N2O3S. The van der Waals surface area contributed by atoms with Crippen molar-refractivity contribution in [2.75, 3.05) is 11.5 Å². The maximum absolute atomic E-state index is 14.2. The Morgan fingerprint density at radius 1 is 1.24 bits per heavy atom. The van der Waals surface area contributed by atoms with Crippen LogP contribution in [0.1, 0.15) is 23.0 Å². The highest BCUT2D eigenvalue weighted by Crippen LogP contribution is 2.33. The number of halogens is 2. The molecule has 8 heteroatoms. The number of ketones is 1. The van der Waals surface area contributed by atoms with Gasteiger partial charge in [0.05, 0.1) is 16.9 Å². The summed E-state index contributed by atoms with van der Waals surface area (Å²) in [5.41, 5.74) is 1.23. The highest BCUT2D eigenvalue weighted by Gasteiger charge is 2.24. The van der Waals surface area contributed by atoms with Gasteiger partial charge in [-0.15, -0.1) is 11.3 Å². The normalized spacial score (nSPS) is 14.4. The van der Waals surface area contributed by atoms with Gasteiger partial charge in [0.25, 0.3) is 0 Å². The highest BCUT2D eigenvalue weighted by atomic mass is 32.1. The lowest BCUT2D eigenvalue weighted by molar-refractivity contribution is -0.115. The summed E-state index contributed by atoms with van der Waals surface area (Å²) in [5, 5.41) is 1.85. The van der Waals surface area contributed by atoms with Crippen LogP contribution >= 0.6 is 11.3 Å². The average molecular weight is 412 g/mol. The van der Waals surface area contributed by atoms with Crippen molar-refractivity contribution in [2.45, 2.75) is 6.92 Å². The zero-order valence-corrected chi connectivity index (χ0v) is 16.0. The van der Waals surface area contributed by atoms with E-state index in [9.17, 15) is 18.4 Å². The Morgan fingerprint density at radius 3 is 2.79 bits per heavy atom. The number of amides is 1. The van der Waals surface area contributed by atoms with Crippen molar-refractivity contribution in [1.29, 1.82) is 0 Å². The molecule has 1 amide bonds. The summed E-state index contributed by atoms with van der Waals surface area (Å²) in [6, 6.07) is 9.92. The van der Waals surface area contributed by atoms with Crippen LogP contribution in [0.15, 0.2) is 53.4 Å². The molecule has 0 saturated carbocycles. The van der Waals surface area contributed by atoms with E-state index in [4.69, 9.17) is 4.74 Å². The first-order valence-electron chi connectivity index (χ1n) is 8.62. The van der Waals surface area contributed by atoms with Crippen LogP contribution in [0.4, 0.5) is 19.6 Å². The van der Waals surface area contributed by atoms with Crippen molar-refractivity contribution in [2.24, 2.45) is 0 Å². The fourth-order valence-corrected chi connectivity index (χ4v) is 3.81. The molecule has 0 spiro atoms. The second-order valence-electron chi connectivity index (χ2n) is 6.29. The molecule has 1 aliphatic heterocycles. The topological polar surface area (TPSA) is 59.5 Å². The number of rotatable bonds is 3. The number of benzene rings is 2. The van der Waals surface area contributed by atoms with Gasteiger partial charge in [-0.25, -0.2) is 13.8 Å². The van der Waals surface area contributed by atoms with Gasteiger partial charge in [-0.2, -0.15) is 0 Å². The third kappa shape index (κ3) is 3.66. The Balaban J connectivity index is 1.66. The van der Waals surface area contributed by atoms with Gasteiger partial charge in [0.2, 0.25) is 5.91 Å². The number of anilines is 2. The minimum atomic E-state index is -0.872. The average Bonchev–Trinajstić information content (AvgIpc) is 3.14. The Kier molecular flexibility index (Phi) is 4.94. The number of ether oxygens (including phenoxy) is 1. The predicted molar refractivity (Wildman–Crippen MR) is 106 cm³/mol. The smallest absolute Gasteiger partial charge is 0.230 e. The minimum Gasteiger partial charge on any atom is -0.488 e. The Labute approximate surface area is 168 Å². The van der Waals surface area contributed by atoms with Crippen LogP contribution in [0.2, 0.25) is 0 Å². The molecule has 1 aliphatic rings. The number of nitrogens with zero attached hydrogens (tertiary/aromatic N) is 2. The Hall–Kier alpha value is -3.39. The van der Waals surface area contributed by atoms with Crippen LogP contribution in [0.25, 0.3) is 6.08 Å². The Bertz CT molecular complexity index is 1160. The molecule has 2 heterocycles. The predicted octanol–water partition coefficient (Wildman–Crippen LogP) is 4.76. The first-order valence-corrected chi connectivity index (χ1v) is 9.50. The first-order chi connectivity index (χ1) is 13.9. The number of hydrogen-bond acceptors (Lipinski definition) is 5. The largest absolute Gasteiger partial charge is 0.488 e. The summed E-state index contributed by atoms with van der Waals surface area (Å²) >= 11 is 1.11. The third-order valence-corrected chi connectivity index (χ3v) is 5.14. The molecule has 146 valence electrons. The molecule has 0 atom stereocenters. The number of fused-ring (bicyclic) bond motifs is 1. The first kappa shape index (κ1) is 18.9. The van der Waals surface area contributed by atoms with Gasteiger partial charge < -0.3 is 4.74 Å². The Morgan fingerprint density at radius 2 is 2.03 bits per heavy atom. The SMILES string of the molecule is CC(=O)N(c1nc(/C=C2\COc3ccccc3C2=O)cs1)c1ccc(F)cc1F. The number of carbonyl (C=O) groups excluding carboxylic acids is 2. The summed E-state index contributed by atoms with van der Waals surface area (Å²) < 4.78 is 33.0. The van der Waals surface area contributed by atoms with E-state index in [-0.39, 0.29) is 23.2 Å². The van der Waals surface area contributed by atoms with Gasteiger partial charge in [0.1, 0.15) is 24.0 Å². The summed E-state index contributed by atoms with van der Waals surface area (Å²) in [7, 11) is 0. The van der Waals surface area contributed by atoms with Crippen molar-refractivity contribution in [3.05, 3.63) is 76.3 Å². The van der Waals surface area contributed by atoms with Gasteiger partial charge in [-0.05, 0) is 30.3 Å². The molecule has 0 aliphatic carbocycles. The van der Waals surface area contributed by atoms with Crippen LogP contribution in [0.5, 0.6) is 5.75 Å². The van der Waals surface area contributed by atoms with E-state index in [1.165, 1.54) is 13.0 Å². The van der Waals surface area contributed by atoms with E-state index in [1.807, 2.05) is 0 Å². The number of hydrogen-bond donors (Lipinski definition) is 0. The molecule has 0 fully saturated rings. The number of para-hydroxylation sites is 1. The van der Waals surface area contributed by atoms with Crippen molar-refractivity contribution in [3.8, 4) is 5.75 Å². The molecule has 1 aromatic heterocycles. The maximum atomic E-state index is 14.2. The molecule has 3 aromatic rings. The quantitative estimate of drug-likeness (QED) is 0.582. The molecule has 0 N–H and O–H groups in total. The van der Waals surface area contributed by atoms with Crippen molar-refractivity contribution < 1.29 is 23.1 Å². The van der Waals surface area contributed by atoms with E-state index in [0.29, 0.717) is 28.6 Å². The van der Waals surface area contributed by atoms with Crippen LogP contribution in [-0.2, 0) is 4.79 Å². The van der Waals surface area contributed by atoms with Crippen molar-refractivity contribution in [1.82, 2.24) is 4.98 Å². The summed E-state index contributed by atoms with van der Waals surface area (Å²) in [6.07, 6.45) is 1.58. The third-order valence-electron chi connectivity index (χ3n) is 4.30. The van der Waals surface area contributed by atoms with Gasteiger partial charge in [0, 0.05) is 23.9 Å². The zero-order valence-electron chi connectivity index (χ0n) is 15.2. The van der Waals surface area contributed by atoms with Gasteiger partial charge in [-0.1, -0.05) is 12.1 Å². The number of aromatic nitrogens is 1. The molecule has 0 unspecified atom stereocenters. The van der Waals surface area contributed by atoms with E-state index in [0.717, 1.165) is 22.3 Å². The lowest BCUT2D eigenvalue weighted by atomic mass is 10.00. The van der Waals surface area contributed by atoms with Gasteiger partial charge in [-0.3, -0.25) is 14.5 Å². The molecule has 0 radical (unpaired) electrons. The maximum Gasteiger partial charge on any atom is 0.230 e. The van der Waals surface area contributed by atoms with Gasteiger partial charge >= 0.3 is 0 Å². The van der Waals surface area contributed by atoms with Crippen molar-refractivity contribution in [3.63, 3.8) is 0 Å². The second-order valence-corrected chi connectivity index (χ2v) is 7.13. The van der Waals surface area contributed by atoms with Crippen LogP contribution in [-0.4, -0.2) is 23.3 Å². The van der Waals surface area contributed by atoms with E-state index in [2.05, 4.69) is 4.98 Å². The second kappa shape index (κ2) is 7.56. The van der Waals surface area contributed by atoms with Crippen LogP contribution in [0.3, 0.4) is 0 Å². The van der Waals surface area contributed by atoms with Crippen LogP contribution in [0, 0.1) is 11.6 Å². The lowest BCUT2D eigenvalue weighted by Crippen LogP contribution is -2.23. The summed E-state index contributed by atoms with van der Waals surface area (Å²) in [6.45, 7) is 1.36. The monoisotopic (exact) mass is 412 g/mol. The number of thiazole rings is 1. The van der Waals surface area contributed by atoms with Gasteiger partial charge in [0.15, 0.2) is 10.9 Å². The van der Waals surface area contributed by atoms with Crippen LogP contribution < -0.4 is 9.64 Å². The summed E-state index contributed by atoms with van der Waals surface area (Å²) in [5.74, 6) is -1.72. The molecule has 29 heavy (non-hydrogen) atoms. The molecule has 4 rings (SSSR count). The number of carbonyl (C=O) groups is 2. The molecular weight excluding hydrogens is 398 g/mol. The molecule has 0 saturated heterocycles. The minimum absolute atomic E-state index is 0.0987. The zero-order chi connectivity index (χ0) is 20.5. The highest BCUT2D eigenvalue weighted by molar-refractivity contribution is 7.14.